The van der Waals surface area contributed by atoms with Crippen LogP contribution in [0.4, 0.5) is 11.6 Å². The standard InChI is InChI=1S/C14H21N5O/c1-14(20)4-3-7-18(8-5-14)13-12-16-6-9-19(12)10-11(15-2)17-13/h6,9-10,15,20H,3-5,7-8H2,1-2H3. The second-order valence-electron chi connectivity index (χ2n) is 5.70. The normalized spacial score (nSPS) is 23.9. The Bertz CT molecular complexity index is 607. The highest BCUT2D eigenvalue weighted by atomic mass is 16.3. The number of hydrogen-bond acceptors (Lipinski definition) is 5. The molecule has 1 fully saturated rings. The molecule has 20 heavy (non-hydrogen) atoms. The number of nitrogens with one attached hydrogen (secondary N) is 1. The summed E-state index contributed by atoms with van der Waals surface area (Å²) in [5, 5.41) is 13.3. The van der Waals surface area contributed by atoms with E-state index in [1.54, 1.807) is 6.20 Å². The Kier molecular flexibility index (Phi) is 3.25. The van der Waals surface area contributed by atoms with E-state index in [1.165, 1.54) is 0 Å². The maximum Gasteiger partial charge on any atom is 0.180 e. The molecule has 0 spiro atoms. The molecule has 108 valence electrons. The molecule has 0 radical (unpaired) electrons. The van der Waals surface area contributed by atoms with E-state index in [9.17, 15) is 5.11 Å². The molecule has 1 atom stereocenters. The summed E-state index contributed by atoms with van der Waals surface area (Å²) in [6.07, 6.45) is 8.19. The topological polar surface area (TPSA) is 65.7 Å². The minimum absolute atomic E-state index is 0.568. The minimum atomic E-state index is -0.568. The number of fused-ring (bicyclic) bond motifs is 1. The molecule has 2 N–H and O–H groups in total. The predicted octanol–water partition coefficient (Wildman–Crippen LogP) is 1.51. The van der Waals surface area contributed by atoms with Crippen molar-refractivity contribution in [2.75, 3.05) is 30.4 Å². The lowest BCUT2D eigenvalue weighted by Gasteiger charge is -2.24. The molecule has 3 heterocycles. The minimum Gasteiger partial charge on any atom is -0.390 e. The fraction of sp³-hybridized carbons (Fsp3) is 0.571. The van der Waals surface area contributed by atoms with Crippen molar-refractivity contribution in [3.8, 4) is 0 Å². The quantitative estimate of drug-likeness (QED) is 0.870. The van der Waals surface area contributed by atoms with Gasteiger partial charge in [0.05, 0.1) is 11.8 Å². The van der Waals surface area contributed by atoms with Crippen molar-refractivity contribution < 1.29 is 5.11 Å². The zero-order valence-electron chi connectivity index (χ0n) is 12.0. The van der Waals surface area contributed by atoms with Crippen LogP contribution in [0.3, 0.4) is 0 Å². The molecule has 6 heteroatoms. The van der Waals surface area contributed by atoms with E-state index in [1.807, 2.05) is 30.8 Å². The SMILES string of the molecule is CNc1cn2ccnc2c(N2CCCC(C)(O)CC2)n1. The highest BCUT2D eigenvalue weighted by Crippen LogP contribution is 2.27. The first kappa shape index (κ1) is 13.2. The molecule has 6 nitrogen and oxygen atoms in total. The Morgan fingerprint density at radius 2 is 2.20 bits per heavy atom. The number of hydrogen-bond donors (Lipinski definition) is 2. The van der Waals surface area contributed by atoms with Crippen molar-refractivity contribution in [2.45, 2.75) is 31.8 Å². The van der Waals surface area contributed by atoms with E-state index in [-0.39, 0.29) is 0 Å². The van der Waals surface area contributed by atoms with Gasteiger partial charge in [-0.3, -0.25) is 0 Å². The molecule has 2 aromatic rings. The Balaban J connectivity index is 1.98. The van der Waals surface area contributed by atoms with Crippen molar-refractivity contribution in [2.24, 2.45) is 0 Å². The largest absolute Gasteiger partial charge is 0.390 e. The van der Waals surface area contributed by atoms with E-state index in [4.69, 9.17) is 0 Å². The van der Waals surface area contributed by atoms with Crippen molar-refractivity contribution in [3.63, 3.8) is 0 Å². The lowest BCUT2D eigenvalue weighted by Crippen LogP contribution is -2.29. The molecular weight excluding hydrogens is 254 g/mol. The average Bonchev–Trinajstić information content (AvgIpc) is 2.82. The number of aromatic nitrogens is 3. The van der Waals surface area contributed by atoms with Gasteiger partial charge in [0.15, 0.2) is 11.5 Å². The fourth-order valence-corrected chi connectivity index (χ4v) is 2.72. The van der Waals surface area contributed by atoms with Gasteiger partial charge in [-0.05, 0) is 26.2 Å². The smallest absolute Gasteiger partial charge is 0.180 e. The third-order valence-corrected chi connectivity index (χ3v) is 3.98. The Hall–Kier alpha value is -1.82. The Morgan fingerprint density at radius 3 is 3.00 bits per heavy atom. The maximum atomic E-state index is 10.2. The second-order valence-corrected chi connectivity index (χ2v) is 5.70. The van der Waals surface area contributed by atoms with Crippen molar-refractivity contribution >= 4 is 17.3 Å². The van der Waals surface area contributed by atoms with Crippen LogP contribution in [0.5, 0.6) is 0 Å². The molecule has 0 amide bonds. The molecule has 0 saturated carbocycles. The van der Waals surface area contributed by atoms with Crippen LogP contribution in [0.25, 0.3) is 5.65 Å². The number of imidazole rings is 1. The van der Waals surface area contributed by atoms with Gasteiger partial charge < -0.3 is 19.7 Å². The molecule has 0 bridgehead atoms. The van der Waals surface area contributed by atoms with Crippen molar-refractivity contribution in [3.05, 3.63) is 18.6 Å². The zero-order chi connectivity index (χ0) is 14.2. The lowest BCUT2D eigenvalue weighted by molar-refractivity contribution is 0.0481. The molecule has 2 aromatic heterocycles. The first-order valence-corrected chi connectivity index (χ1v) is 7.08. The fourth-order valence-electron chi connectivity index (χ4n) is 2.72. The average molecular weight is 275 g/mol. The first-order valence-electron chi connectivity index (χ1n) is 7.08. The van der Waals surface area contributed by atoms with Gasteiger partial charge in [-0.25, -0.2) is 9.97 Å². The van der Waals surface area contributed by atoms with Crippen LogP contribution >= 0.6 is 0 Å². The molecule has 0 aromatic carbocycles. The summed E-state index contributed by atoms with van der Waals surface area (Å²) in [6, 6.07) is 0. The van der Waals surface area contributed by atoms with Crippen LogP contribution in [0, 0.1) is 0 Å². The Morgan fingerprint density at radius 1 is 1.35 bits per heavy atom. The monoisotopic (exact) mass is 275 g/mol. The number of nitrogens with zero attached hydrogens (tertiary/aromatic N) is 4. The summed E-state index contributed by atoms with van der Waals surface area (Å²) in [6.45, 7) is 3.62. The van der Waals surface area contributed by atoms with Gasteiger partial charge in [-0.1, -0.05) is 0 Å². The number of aliphatic hydroxyl groups is 1. The van der Waals surface area contributed by atoms with Crippen LogP contribution in [-0.2, 0) is 0 Å². The highest BCUT2D eigenvalue weighted by molar-refractivity contribution is 5.66. The van der Waals surface area contributed by atoms with Crippen LogP contribution in [0.15, 0.2) is 18.6 Å². The van der Waals surface area contributed by atoms with E-state index in [0.29, 0.717) is 0 Å². The van der Waals surface area contributed by atoms with Gasteiger partial charge in [-0.15, -0.1) is 0 Å². The summed E-state index contributed by atoms with van der Waals surface area (Å²) in [5.41, 5.74) is 0.298. The molecular formula is C14H21N5O. The second kappa shape index (κ2) is 4.94. The summed E-state index contributed by atoms with van der Waals surface area (Å²) in [5.74, 6) is 1.71. The predicted molar refractivity (Wildman–Crippen MR) is 79.2 cm³/mol. The molecule has 3 rings (SSSR count). The molecule has 1 unspecified atom stereocenters. The van der Waals surface area contributed by atoms with Crippen molar-refractivity contribution in [1.82, 2.24) is 14.4 Å². The number of anilines is 2. The molecule has 0 aliphatic carbocycles. The third kappa shape index (κ3) is 2.43. The zero-order valence-corrected chi connectivity index (χ0v) is 12.0. The van der Waals surface area contributed by atoms with Crippen LogP contribution in [0.1, 0.15) is 26.2 Å². The van der Waals surface area contributed by atoms with Crippen LogP contribution < -0.4 is 10.2 Å². The first-order chi connectivity index (χ1) is 9.59. The van der Waals surface area contributed by atoms with Gasteiger partial charge >= 0.3 is 0 Å². The van der Waals surface area contributed by atoms with E-state index < -0.39 is 5.60 Å². The molecule has 1 saturated heterocycles. The maximum absolute atomic E-state index is 10.2. The van der Waals surface area contributed by atoms with Gasteiger partial charge in [0.25, 0.3) is 0 Å². The van der Waals surface area contributed by atoms with Crippen molar-refractivity contribution in [1.29, 1.82) is 0 Å². The van der Waals surface area contributed by atoms with Crippen LogP contribution in [0.2, 0.25) is 0 Å². The Labute approximate surface area is 118 Å². The molecule has 1 aliphatic heterocycles. The summed E-state index contributed by atoms with van der Waals surface area (Å²) in [7, 11) is 1.86. The highest BCUT2D eigenvalue weighted by Gasteiger charge is 2.26. The third-order valence-electron chi connectivity index (χ3n) is 3.98. The summed E-state index contributed by atoms with van der Waals surface area (Å²) >= 11 is 0. The van der Waals surface area contributed by atoms with Gasteiger partial charge in [-0.2, -0.15) is 0 Å². The van der Waals surface area contributed by atoms with Crippen LogP contribution in [-0.4, -0.2) is 45.2 Å². The lowest BCUT2D eigenvalue weighted by atomic mass is 9.98. The van der Waals surface area contributed by atoms with E-state index >= 15 is 0 Å². The van der Waals surface area contributed by atoms with Gasteiger partial charge in [0.2, 0.25) is 0 Å². The van der Waals surface area contributed by atoms with Gasteiger partial charge in [0, 0.05) is 32.5 Å². The summed E-state index contributed by atoms with van der Waals surface area (Å²) in [4.78, 5) is 11.3. The molecule has 1 aliphatic rings. The summed E-state index contributed by atoms with van der Waals surface area (Å²) < 4.78 is 1.98. The van der Waals surface area contributed by atoms with Gasteiger partial charge in [0.1, 0.15) is 5.82 Å². The number of rotatable bonds is 2. The van der Waals surface area contributed by atoms with E-state index in [0.717, 1.165) is 49.6 Å². The van der Waals surface area contributed by atoms with E-state index in [2.05, 4.69) is 20.2 Å².